The fourth-order valence-electron chi connectivity index (χ4n) is 2.17. The number of rotatable bonds is 6. The first kappa shape index (κ1) is 15.5. The Balaban J connectivity index is 2.56. The summed E-state index contributed by atoms with van der Waals surface area (Å²) in [4.78, 5) is 11.4. The van der Waals surface area contributed by atoms with Gasteiger partial charge in [-0.05, 0) is 6.07 Å². The van der Waals surface area contributed by atoms with Crippen LogP contribution in [0.1, 0.15) is 6.92 Å². The average Bonchev–Trinajstić information content (AvgIpc) is 3.00. The molecule has 0 saturated heterocycles. The van der Waals surface area contributed by atoms with Gasteiger partial charge in [0.1, 0.15) is 11.5 Å². The minimum Gasteiger partial charge on any atom is -0.422 e. The molecule has 0 aliphatic rings. The van der Waals surface area contributed by atoms with Gasteiger partial charge in [0.05, 0.1) is 23.3 Å². The molecule has 0 aliphatic heterocycles. The van der Waals surface area contributed by atoms with E-state index in [1.54, 1.807) is 27.3 Å². The molecule has 0 bridgehead atoms. The highest BCUT2D eigenvalue weighted by molar-refractivity contribution is 5.95. The Hall–Kier alpha value is -2.90. The lowest BCUT2D eigenvalue weighted by atomic mass is 10.1. The van der Waals surface area contributed by atoms with Crippen LogP contribution in [0.25, 0.3) is 0 Å². The standard InChI is InChI=1S/C14H20N6O2/c1-8(21)22-14-10(15-2)7-9(12(16-3)13(14)17-4)19-11-5-6-18-20-11/h5-7,15-17H,1-4H3,(H2,18,19,20). The third-order valence-electron chi connectivity index (χ3n) is 3.06. The van der Waals surface area contributed by atoms with Crippen LogP contribution in [0.2, 0.25) is 0 Å². The molecule has 0 aliphatic carbocycles. The smallest absolute Gasteiger partial charge is 0.308 e. The normalized spacial score (nSPS) is 10.0. The van der Waals surface area contributed by atoms with Gasteiger partial charge < -0.3 is 26.0 Å². The van der Waals surface area contributed by atoms with Crippen LogP contribution in [0.5, 0.6) is 5.75 Å². The molecule has 0 radical (unpaired) electrons. The van der Waals surface area contributed by atoms with Gasteiger partial charge in [0.25, 0.3) is 0 Å². The molecule has 2 aromatic rings. The van der Waals surface area contributed by atoms with Gasteiger partial charge in [0, 0.05) is 34.1 Å². The second-order valence-corrected chi connectivity index (χ2v) is 4.49. The molecule has 0 spiro atoms. The fourth-order valence-corrected chi connectivity index (χ4v) is 2.17. The number of aromatic amines is 1. The summed E-state index contributed by atoms with van der Waals surface area (Å²) in [5.74, 6) is 0.808. The maximum absolute atomic E-state index is 11.4. The van der Waals surface area contributed by atoms with Crippen LogP contribution in [-0.4, -0.2) is 37.3 Å². The molecule has 1 aromatic heterocycles. The summed E-state index contributed by atoms with van der Waals surface area (Å²) < 4.78 is 5.34. The Morgan fingerprint density at radius 3 is 2.36 bits per heavy atom. The number of H-pyrrole nitrogens is 1. The fraction of sp³-hybridized carbons (Fsp3) is 0.286. The number of ether oxygens (including phenoxy) is 1. The van der Waals surface area contributed by atoms with Gasteiger partial charge in [-0.25, -0.2) is 0 Å². The van der Waals surface area contributed by atoms with Gasteiger partial charge in [-0.2, -0.15) is 5.10 Å². The number of benzene rings is 1. The summed E-state index contributed by atoms with van der Waals surface area (Å²) in [6, 6.07) is 3.67. The molecule has 1 aromatic carbocycles. The van der Waals surface area contributed by atoms with Crippen LogP contribution in [0.3, 0.4) is 0 Å². The zero-order valence-corrected chi connectivity index (χ0v) is 13.0. The van der Waals surface area contributed by atoms with E-state index in [2.05, 4.69) is 31.5 Å². The van der Waals surface area contributed by atoms with Crippen molar-refractivity contribution in [3.63, 3.8) is 0 Å². The van der Waals surface area contributed by atoms with Gasteiger partial charge in [-0.15, -0.1) is 0 Å². The van der Waals surface area contributed by atoms with Crippen LogP contribution in [0.15, 0.2) is 18.3 Å². The lowest BCUT2D eigenvalue weighted by Gasteiger charge is -2.21. The van der Waals surface area contributed by atoms with Crippen LogP contribution < -0.4 is 26.0 Å². The summed E-state index contributed by atoms with van der Waals surface area (Å²) in [7, 11) is 5.33. The van der Waals surface area contributed by atoms with Crippen LogP contribution >= 0.6 is 0 Å². The molecule has 0 saturated carbocycles. The monoisotopic (exact) mass is 304 g/mol. The lowest BCUT2D eigenvalue weighted by Crippen LogP contribution is -2.10. The van der Waals surface area contributed by atoms with Crippen molar-refractivity contribution in [2.24, 2.45) is 0 Å². The second-order valence-electron chi connectivity index (χ2n) is 4.49. The molecule has 5 N–H and O–H groups in total. The predicted molar refractivity (Wildman–Crippen MR) is 88.3 cm³/mol. The second kappa shape index (κ2) is 6.70. The predicted octanol–water partition coefficient (Wildman–Crippen LogP) is 2.20. The van der Waals surface area contributed by atoms with E-state index < -0.39 is 0 Å². The summed E-state index contributed by atoms with van der Waals surface area (Å²) in [6.45, 7) is 1.37. The van der Waals surface area contributed by atoms with Crippen LogP contribution in [0, 0.1) is 0 Å². The van der Waals surface area contributed by atoms with Crippen molar-refractivity contribution >= 4 is 34.5 Å². The maximum Gasteiger partial charge on any atom is 0.308 e. The minimum absolute atomic E-state index is 0.385. The number of esters is 1. The van der Waals surface area contributed by atoms with Crippen molar-refractivity contribution in [1.29, 1.82) is 0 Å². The number of nitrogens with one attached hydrogen (secondary N) is 5. The highest BCUT2D eigenvalue weighted by Gasteiger charge is 2.19. The highest BCUT2D eigenvalue weighted by Crippen LogP contribution is 2.45. The Labute approximate surface area is 128 Å². The quantitative estimate of drug-likeness (QED) is 0.412. The molecule has 8 nitrogen and oxygen atoms in total. The van der Waals surface area contributed by atoms with Gasteiger partial charge in [0.2, 0.25) is 0 Å². The van der Waals surface area contributed by atoms with E-state index in [1.165, 1.54) is 6.92 Å². The molecule has 118 valence electrons. The zero-order valence-electron chi connectivity index (χ0n) is 13.0. The van der Waals surface area contributed by atoms with Crippen LogP contribution in [0.4, 0.5) is 28.6 Å². The van der Waals surface area contributed by atoms with Crippen molar-refractivity contribution in [2.75, 3.05) is 42.4 Å². The number of anilines is 5. The number of hydrogen-bond acceptors (Lipinski definition) is 7. The SMILES string of the molecule is CNc1cc(Nc2ccn[nH]2)c(NC)c(NC)c1OC(C)=O. The Morgan fingerprint density at radius 2 is 1.86 bits per heavy atom. The minimum atomic E-state index is -0.385. The summed E-state index contributed by atoms with van der Waals surface area (Å²) >= 11 is 0. The van der Waals surface area contributed by atoms with Crippen molar-refractivity contribution < 1.29 is 9.53 Å². The lowest BCUT2D eigenvalue weighted by molar-refractivity contribution is -0.131. The molecule has 1 heterocycles. The molecule has 2 rings (SSSR count). The molecule has 22 heavy (non-hydrogen) atoms. The highest BCUT2D eigenvalue weighted by atomic mass is 16.5. The number of nitrogens with zero attached hydrogens (tertiary/aromatic N) is 1. The Bertz CT molecular complexity index is 654. The van der Waals surface area contributed by atoms with Gasteiger partial charge in [0.15, 0.2) is 5.75 Å². The topological polar surface area (TPSA) is 103 Å². The van der Waals surface area contributed by atoms with E-state index in [-0.39, 0.29) is 5.97 Å². The summed E-state index contributed by atoms with van der Waals surface area (Å²) in [5, 5.41) is 19.2. The third kappa shape index (κ3) is 3.05. The van der Waals surface area contributed by atoms with E-state index in [0.29, 0.717) is 17.1 Å². The van der Waals surface area contributed by atoms with Gasteiger partial charge >= 0.3 is 5.97 Å². The van der Waals surface area contributed by atoms with Crippen molar-refractivity contribution in [1.82, 2.24) is 10.2 Å². The number of hydrogen-bond donors (Lipinski definition) is 5. The Morgan fingerprint density at radius 1 is 1.14 bits per heavy atom. The molecule has 0 unspecified atom stereocenters. The van der Waals surface area contributed by atoms with Gasteiger partial charge in [-0.1, -0.05) is 0 Å². The van der Waals surface area contributed by atoms with Gasteiger partial charge in [-0.3, -0.25) is 9.89 Å². The van der Waals surface area contributed by atoms with Crippen molar-refractivity contribution in [3.8, 4) is 5.75 Å². The third-order valence-corrected chi connectivity index (χ3v) is 3.06. The van der Waals surface area contributed by atoms with E-state index in [4.69, 9.17) is 4.74 Å². The molecule has 0 fully saturated rings. The van der Waals surface area contributed by atoms with Crippen molar-refractivity contribution in [3.05, 3.63) is 18.3 Å². The first-order valence-electron chi connectivity index (χ1n) is 6.79. The average molecular weight is 304 g/mol. The number of carbonyl (C=O) groups is 1. The number of carbonyl (C=O) groups excluding carboxylic acids is 1. The van der Waals surface area contributed by atoms with Crippen LogP contribution in [-0.2, 0) is 4.79 Å². The maximum atomic E-state index is 11.4. The summed E-state index contributed by atoms with van der Waals surface area (Å²) in [6.07, 6.45) is 1.66. The molecule has 8 heteroatoms. The first-order chi connectivity index (χ1) is 10.6. The van der Waals surface area contributed by atoms with E-state index in [9.17, 15) is 4.79 Å². The number of aromatic nitrogens is 2. The van der Waals surface area contributed by atoms with E-state index >= 15 is 0 Å². The molecule has 0 amide bonds. The summed E-state index contributed by atoms with van der Waals surface area (Å²) in [5.41, 5.74) is 2.93. The largest absolute Gasteiger partial charge is 0.422 e. The van der Waals surface area contributed by atoms with E-state index in [1.807, 2.05) is 12.1 Å². The van der Waals surface area contributed by atoms with E-state index in [0.717, 1.165) is 17.2 Å². The Kier molecular flexibility index (Phi) is 4.72. The first-order valence-corrected chi connectivity index (χ1v) is 6.79. The zero-order chi connectivity index (χ0) is 16.1. The molecular formula is C14H20N6O2. The molecular weight excluding hydrogens is 284 g/mol. The molecule has 0 atom stereocenters. The van der Waals surface area contributed by atoms with Crippen molar-refractivity contribution in [2.45, 2.75) is 6.92 Å².